The number of hydrogen-bond acceptors (Lipinski definition) is 3. The highest BCUT2D eigenvalue weighted by Crippen LogP contribution is 2.55. The van der Waals surface area contributed by atoms with Gasteiger partial charge in [0.25, 0.3) is 0 Å². The number of benzene rings is 9. The van der Waals surface area contributed by atoms with E-state index < -0.39 is 5.41 Å². The Bertz CT molecular complexity index is 3490. The summed E-state index contributed by atoms with van der Waals surface area (Å²) in [6.45, 7) is 2.38. The van der Waals surface area contributed by atoms with Crippen LogP contribution in [0.4, 0.5) is 0 Å². The Hall–Kier alpha value is -7.46. The van der Waals surface area contributed by atoms with Crippen molar-refractivity contribution in [3.8, 4) is 67.3 Å². The Kier molecular flexibility index (Phi) is 8.19. The third-order valence-corrected chi connectivity index (χ3v) is 14.0. The number of fused-ring (bicyclic) bond motifs is 7. The Morgan fingerprint density at radius 1 is 0.393 bits per heavy atom. The number of thiophene rings is 1. The summed E-state index contributed by atoms with van der Waals surface area (Å²) in [5.74, 6) is 0.701. The number of aromatic nitrogens is 2. The van der Waals surface area contributed by atoms with Crippen molar-refractivity contribution in [2.75, 3.05) is 0 Å². The maximum absolute atomic E-state index is 5.45. The van der Waals surface area contributed by atoms with E-state index in [-0.39, 0.29) is 0 Å². The fraction of sp³-hybridized carbons (Fsp3) is 0.0345. The van der Waals surface area contributed by atoms with E-state index in [9.17, 15) is 0 Å². The van der Waals surface area contributed by atoms with Gasteiger partial charge in [-0.2, -0.15) is 0 Å². The van der Waals surface area contributed by atoms with Gasteiger partial charge in [0.2, 0.25) is 0 Å². The highest BCUT2D eigenvalue weighted by molar-refractivity contribution is 7.26. The third-order valence-electron chi connectivity index (χ3n) is 12.7. The minimum Gasteiger partial charge on any atom is -0.228 e. The van der Waals surface area contributed by atoms with Crippen LogP contribution in [0, 0.1) is 0 Å². The molecule has 12 rings (SSSR count). The SMILES string of the molecule is CC1(c2ccccc2)c2ccccc2-c2cccc(-c3cc(-c4cc(-c5ccc6ccccc6c5)cc(-c5cccc6c5sc5ccccc56)c4)nc(-c4ccccc4)n3)c21. The molecule has 2 aromatic heterocycles. The summed E-state index contributed by atoms with van der Waals surface area (Å²) in [4.78, 5) is 10.9. The van der Waals surface area contributed by atoms with Crippen LogP contribution in [0.25, 0.3) is 98.2 Å². The van der Waals surface area contributed by atoms with Crippen molar-refractivity contribution < 1.29 is 0 Å². The molecule has 9 aromatic carbocycles. The first-order valence-corrected chi connectivity index (χ1v) is 21.7. The van der Waals surface area contributed by atoms with E-state index in [1.165, 1.54) is 69.9 Å². The molecule has 0 aliphatic heterocycles. The molecule has 1 aliphatic rings. The van der Waals surface area contributed by atoms with Crippen LogP contribution in [0.2, 0.25) is 0 Å². The zero-order valence-electron chi connectivity index (χ0n) is 33.5. The van der Waals surface area contributed by atoms with Gasteiger partial charge in [-0.05, 0) is 104 Å². The van der Waals surface area contributed by atoms with Gasteiger partial charge in [0.15, 0.2) is 5.82 Å². The topological polar surface area (TPSA) is 25.8 Å². The van der Waals surface area contributed by atoms with Gasteiger partial charge < -0.3 is 0 Å². The summed E-state index contributed by atoms with van der Waals surface area (Å²) in [6.07, 6.45) is 0. The maximum Gasteiger partial charge on any atom is 0.160 e. The molecule has 0 amide bonds. The predicted octanol–water partition coefficient (Wildman–Crippen LogP) is 15.7. The molecule has 61 heavy (non-hydrogen) atoms. The largest absolute Gasteiger partial charge is 0.228 e. The molecule has 0 fully saturated rings. The molecule has 286 valence electrons. The van der Waals surface area contributed by atoms with Crippen LogP contribution >= 0.6 is 11.3 Å². The quantitative estimate of drug-likeness (QED) is 0.168. The zero-order chi connectivity index (χ0) is 40.5. The Morgan fingerprint density at radius 2 is 1.03 bits per heavy atom. The lowest BCUT2D eigenvalue weighted by molar-refractivity contribution is 0.715. The summed E-state index contributed by atoms with van der Waals surface area (Å²) in [6, 6.07) is 77.1. The molecule has 1 aliphatic carbocycles. The molecule has 3 heteroatoms. The standard InChI is InChI=1S/C58H38N2S/c1-58(44-20-6-3-7-21-44)51-28-12-10-22-46(51)48-25-15-27-50(55(48)58)53-36-52(59-57(60-53)38-17-4-2-5-18-38)43-34-41(40-31-30-37-16-8-9-19-39(37)32-40)33-42(35-43)45-24-14-26-49-47-23-11-13-29-54(47)61-56(45)49/h2-36H,1H3. The van der Waals surface area contributed by atoms with E-state index in [2.05, 4.69) is 219 Å². The molecular formula is C58H38N2S. The van der Waals surface area contributed by atoms with E-state index in [1.54, 1.807) is 0 Å². The zero-order valence-corrected chi connectivity index (χ0v) is 34.3. The molecule has 0 saturated heterocycles. The molecule has 0 spiro atoms. The van der Waals surface area contributed by atoms with Gasteiger partial charge in [-0.3, -0.25) is 0 Å². The van der Waals surface area contributed by atoms with E-state index in [1.807, 2.05) is 11.3 Å². The number of nitrogens with zero attached hydrogens (tertiary/aromatic N) is 2. The smallest absolute Gasteiger partial charge is 0.160 e. The minimum atomic E-state index is -0.395. The second-order valence-corrected chi connectivity index (χ2v) is 17.3. The second kappa shape index (κ2) is 14.1. The molecule has 1 unspecified atom stereocenters. The van der Waals surface area contributed by atoms with Crippen molar-refractivity contribution in [1.29, 1.82) is 0 Å². The lowest BCUT2D eigenvalue weighted by atomic mass is 9.72. The molecule has 2 nitrogen and oxygen atoms in total. The molecule has 0 saturated carbocycles. The van der Waals surface area contributed by atoms with E-state index in [4.69, 9.17) is 9.97 Å². The number of hydrogen-bond donors (Lipinski definition) is 0. The van der Waals surface area contributed by atoms with Crippen molar-refractivity contribution in [3.63, 3.8) is 0 Å². The molecular weight excluding hydrogens is 757 g/mol. The fourth-order valence-corrected chi connectivity index (χ4v) is 11.0. The maximum atomic E-state index is 5.45. The highest BCUT2D eigenvalue weighted by atomic mass is 32.1. The van der Waals surface area contributed by atoms with Gasteiger partial charge in [0, 0.05) is 42.3 Å². The van der Waals surface area contributed by atoms with Gasteiger partial charge in [-0.25, -0.2) is 9.97 Å². The lowest BCUT2D eigenvalue weighted by Crippen LogP contribution is -2.23. The van der Waals surface area contributed by atoms with Gasteiger partial charge in [-0.15, -0.1) is 11.3 Å². The third kappa shape index (κ3) is 5.77. The molecule has 0 N–H and O–H groups in total. The fourth-order valence-electron chi connectivity index (χ4n) is 9.78. The molecule has 1 atom stereocenters. The molecule has 0 radical (unpaired) electrons. The van der Waals surface area contributed by atoms with Crippen LogP contribution in [0.15, 0.2) is 212 Å². The van der Waals surface area contributed by atoms with Crippen molar-refractivity contribution >= 4 is 42.3 Å². The van der Waals surface area contributed by atoms with Gasteiger partial charge in [0.1, 0.15) is 0 Å². The summed E-state index contributed by atoms with van der Waals surface area (Å²) in [5.41, 5.74) is 15.6. The van der Waals surface area contributed by atoms with Gasteiger partial charge >= 0.3 is 0 Å². The summed E-state index contributed by atoms with van der Waals surface area (Å²) in [7, 11) is 0. The van der Waals surface area contributed by atoms with E-state index in [0.29, 0.717) is 5.82 Å². The van der Waals surface area contributed by atoms with Crippen LogP contribution in [0.3, 0.4) is 0 Å². The molecule has 2 heterocycles. The summed E-state index contributed by atoms with van der Waals surface area (Å²) < 4.78 is 2.59. The normalized spacial score (nSPS) is 14.4. The minimum absolute atomic E-state index is 0.395. The predicted molar refractivity (Wildman–Crippen MR) is 257 cm³/mol. The van der Waals surface area contributed by atoms with Crippen molar-refractivity contribution in [2.45, 2.75) is 12.3 Å². The first-order chi connectivity index (χ1) is 30.1. The van der Waals surface area contributed by atoms with Crippen LogP contribution in [-0.2, 0) is 5.41 Å². The van der Waals surface area contributed by atoms with Crippen molar-refractivity contribution in [1.82, 2.24) is 9.97 Å². The molecule has 11 aromatic rings. The van der Waals surface area contributed by atoms with Crippen LogP contribution in [0.1, 0.15) is 23.6 Å². The highest BCUT2D eigenvalue weighted by Gasteiger charge is 2.42. The lowest BCUT2D eigenvalue weighted by Gasteiger charge is -2.30. The molecule has 0 bridgehead atoms. The van der Waals surface area contributed by atoms with E-state index in [0.717, 1.165) is 39.2 Å². The monoisotopic (exact) mass is 794 g/mol. The van der Waals surface area contributed by atoms with Crippen molar-refractivity contribution in [3.05, 3.63) is 229 Å². The van der Waals surface area contributed by atoms with Gasteiger partial charge in [0.05, 0.1) is 11.4 Å². The van der Waals surface area contributed by atoms with Crippen LogP contribution < -0.4 is 0 Å². The van der Waals surface area contributed by atoms with Crippen LogP contribution in [0.5, 0.6) is 0 Å². The average Bonchev–Trinajstić information content (AvgIpc) is 3.85. The summed E-state index contributed by atoms with van der Waals surface area (Å²) in [5, 5.41) is 5.02. The van der Waals surface area contributed by atoms with Gasteiger partial charge in [-0.1, -0.05) is 176 Å². The number of rotatable bonds is 6. The Morgan fingerprint density at radius 3 is 1.92 bits per heavy atom. The van der Waals surface area contributed by atoms with Crippen LogP contribution in [-0.4, -0.2) is 9.97 Å². The van der Waals surface area contributed by atoms with Crippen molar-refractivity contribution in [2.24, 2.45) is 0 Å². The Labute approximate surface area is 359 Å². The van der Waals surface area contributed by atoms with E-state index >= 15 is 0 Å². The average molecular weight is 795 g/mol. The first kappa shape index (κ1) is 35.5. The Balaban J connectivity index is 1.12. The first-order valence-electron chi connectivity index (χ1n) is 20.9. The summed E-state index contributed by atoms with van der Waals surface area (Å²) >= 11 is 1.87. The second-order valence-electron chi connectivity index (χ2n) is 16.2.